The van der Waals surface area contributed by atoms with E-state index in [2.05, 4.69) is 65.8 Å². The molecule has 0 aliphatic rings. The zero-order valence-corrected chi connectivity index (χ0v) is 20.1. The van der Waals surface area contributed by atoms with Crippen LogP contribution in [-0.2, 0) is 12.3 Å². The number of hydrogen-bond acceptors (Lipinski definition) is 3. The lowest BCUT2D eigenvalue weighted by molar-refractivity contribution is 0.357. The predicted molar refractivity (Wildman–Crippen MR) is 128 cm³/mol. The minimum Gasteiger partial charge on any atom is -0.420 e. The molecule has 0 saturated heterocycles. The molecule has 144 valence electrons. The van der Waals surface area contributed by atoms with Crippen molar-refractivity contribution in [2.75, 3.05) is 0 Å². The Morgan fingerprint density at radius 3 is 0.704 bits per heavy atom. The molecule has 0 fully saturated rings. The lowest BCUT2D eigenvalue weighted by Crippen LogP contribution is -2.59. The second-order valence-corrected chi connectivity index (χ2v) is 18.3. The first-order valence-electron chi connectivity index (χ1n) is 8.19. The third kappa shape index (κ3) is 5.56. The number of rotatable bonds is 16. The Labute approximate surface area is 168 Å². The summed E-state index contributed by atoms with van der Waals surface area (Å²) in [5.41, 5.74) is 16.8. The molecule has 0 amide bonds. The molecule has 0 spiro atoms. The topological polar surface area (TPSA) is 27.7 Å². The van der Waals surface area contributed by atoms with Crippen molar-refractivity contribution < 1.29 is 12.3 Å². The molecular weight excluding hydrogens is 401 g/mol. The van der Waals surface area contributed by atoms with Gasteiger partial charge in [0.15, 0.2) is 0 Å². The summed E-state index contributed by atoms with van der Waals surface area (Å²) in [5, 5.41) is 0. The molecule has 0 aromatic rings. The van der Waals surface area contributed by atoms with E-state index in [4.69, 9.17) is 12.3 Å². The maximum Gasteiger partial charge on any atom is 0.372 e. The third-order valence-electron chi connectivity index (χ3n) is 4.04. The van der Waals surface area contributed by atoms with E-state index in [-0.39, 0.29) is 0 Å². The summed E-state index contributed by atoms with van der Waals surface area (Å²) in [5.74, 6) is 0. The van der Waals surface area contributed by atoms with Crippen molar-refractivity contribution in [3.05, 3.63) is 123 Å². The highest BCUT2D eigenvalue weighted by Gasteiger charge is 2.49. The largest absolute Gasteiger partial charge is 0.420 e. The molecule has 0 atom stereocenters. The Morgan fingerprint density at radius 1 is 0.333 bits per heavy atom. The Morgan fingerprint density at radius 2 is 0.556 bits per heavy atom. The van der Waals surface area contributed by atoms with E-state index in [9.17, 15) is 0 Å². The highest BCUT2D eigenvalue weighted by atomic mass is 28.5. The second-order valence-electron chi connectivity index (χ2n) is 5.50. The first kappa shape index (κ1) is 25.1. The van der Waals surface area contributed by atoms with Gasteiger partial charge in [0, 0.05) is 0 Å². The van der Waals surface area contributed by atoms with Crippen molar-refractivity contribution in [3.8, 4) is 0 Å². The molecule has 0 rings (SSSR count). The van der Waals surface area contributed by atoms with Gasteiger partial charge in [-0.3, -0.25) is 0 Å². The van der Waals surface area contributed by atoms with Gasteiger partial charge in [-0.1, -0.05) is 34.2 Å². The Balaban J connectivity index is 6.30. The average molecular weight is 431 g/mol. The molecule has 0 saturated carbocycles. The molecule has 0 unspecified atom stereocenters. The summed E-state index contributed by atoms with van der Waals surface area (Å²) >= 11 is 0. The summed E-state index contributed by atoms with van der Waals surface area (Å²) in [6, 6.07) is 0. The fraction of sp³-hybridized carbons (Fsp3) is 0. The molecule has 0 aliphatic carbocycles. The predicted octanol–water partition coefficient (Wildman–Crippen LogP) is 5.06. The van der Waals surface area contributed by atoms with Crippen LogP contribution in [0.1, 0.15) is 0 Å². The van der Waals surface area contributed by atoms with Crippen molar-refractivity contribution >= 4 is 33.8 Å². The molecule has 0 heterocycles. The smallest absolute Gasteiger partial charge is 0.372 e. The molecule has 0 aromatic heterocycles. The van der Waals surface area contributed by atoms with E-state index >= 15 is 0 Å². The normalized spacial score (nSPS) is 12.1. The van der Waals surface area contributed by atoms with Crippen LogP contribution in [0.4, 0.5) is 0 Å². The van der Waals surface area contributed by atoms with Gasteiger partial charge in [0.05, 0.1) is 0 Å². The molecular formula is C20H30O3Si4. The van der Waals surface area contributed by atoms with Crippen molar-refractivity contribution in [2.24, 2.45) is 0 Å². The fourth-order valence-electron chi connectivity index (χ4n) is 2.09. The molecule has 27 heavy (non-hydrogen) atoms. The highest BCUT2D eigenvalue weighted by Crippen LogP contribution is 2.28. The summed E-state index contributed by atoms with van der Waals surface area (Å²) in [6.07, 6.45) is 0. The Kier molecular flexibility index (Phi) is 9.75. The van der Waals surface area contributed by atoms with Gasteiger partial charge in [-0.15, -0.1) is 65.8 Å². The van der Waals surface area contributed by atoms with E-state index in [0.717, 1.165) is 0 Å². The van der Waals surface area contributed by atoms with Crippen LogP contribution in [0.2, 0.25) is 0 Å². The average Bonchev–Trinajstić information content (AvgIpc) is 2.74. The standard InChI is InChI=1S/C20H30O3Si4/c1-11-24(12-2,13-3)21-26(17-7,18-8)23-27(19-9,20-10)22-25(14-4,15-5)16-6/h11-20H,1-10H2. The van der Waals surface area contributed by atoms with E-state index in [0.29, 0.717) is 0 Å². The quantitative estimate of drug-likeness (QED) is 0.320. The van der Waals surface area contributed by atoms with Crippen LogP contribution < -0.4 is 0 Å². The van der Waals surface area contributed by atoms with Crippen molar-refractivity contribution in [2.45, 2.75) is 0 Å². The summed E-state index contributed by atoms with van der Waals surface area (Å²) in [4.78, 5) is 0. The molecule has 0 radical (unpaired) electrons. The van der Waals surface area contributed by atoms with Crippen molar-refractivity contribution in [3.63, 3.8) is 0 Å². The number of hydrogen-bond donors (Lipinski definition) is 0. The second kappa shape index (κ2) is 10.5. The van der Waals surface area contributed by atoms with Crippen LogP contribution >= 0.6 is 0 Å². The summed E-state index contributed by atoms with van der Waals surface area (Å²) in [6.45, 7) is 38.8. The van der Waals surface area contributed by atoms with Crippen LogP contribution in [-0.4, -0.2) is 33.8 Å². The van der Waals surface area contributed by atoms with E-state index < -0.39 is 33.8 Å². The molecule has 0 bridgehead atoms. The minimum atomic E-state index is -3.17. The maximum absolute atomic E-state index is 6.49. The van der Waals surface area contributed by atoms with Crippen LogP contribution in [0, 0.1) is 0 Å². The first-order valence-corrected chi connectivity index (χ1v) is 16.4. The lowest BCUT2D eigenvalue weighted by atomic mass is 11.2. The SMILES string of the molecule is C=C[Si](C=C)(C=C)O[Si](C=C)(C=C)O[Si](C=C)(C=C)O[Si](C=C)(C=C)C=C. The van der Waals surface area contributed by atoms with Gasteiger partial charge in [-0.2, -0.15) is 0 Å². The van der Waals surface area contributed by atoms with Gasteiger partial charge in [0.2, 0.25) is 0 Å². The van der Waals surface area contributed by atoms with Crippen molar-refractivity contribution in [1.82, 2.24) is 0 Å². The summed E-state index contributed by atoms with van der Waals surface area (Å²) < 4.78 is 19.3. The van der Waals surface area contributed by atoms with Gasteiger partial charge < -0.3 is 12.3 Å². The van der Waals surface area contributed by atoms with Gasteiger partial charge in [-0.05, 0) is 22.8 Å². The van der Waals surface area contributed by atoms with E-state index in [1.165, 1.54) is 0 Å². The van der Waals surface area contributed by atoms with Gasteiger partial charge in [0.25, 0.3) is 16.6 Å². The van der Waals surface area contributed by atoms with Crippen LogP contribution in [0.25, 0.3) is 0 Å². The molecule has 0 aromatic carbocycles. The van der Waals surface area contributed by atoms with E-state index in [1.54, 1.807) is 57.0 Å². The van der Waals surface area contributed by atoms with Crippen LogP contribution in [0.3, 0.4) is 0 Å². The molecule has 0 N–H and O–H groups in total. The fourth-order valence-corrected chi connectivity index (χ4v) is 15.6. The zero-order chi connectivity index (χ0) is 21.2. The first-order chi connectivity index (χ1) is 12.7. The van der Waals surface area contributed by atoms with Crippen molar-refractivity contribution in [1.29, 1.82) is 0 Å². The summed E-state index contributed by atoms with van der Waals surface area (Å²) in [7, 11) is -11.7. The van der Waals surface area contributed by atoms with E-state index in [1.807, 2.05) is 0 Å². The van der Waals surface area contributed by atoms with Crippen LogP contribution in [0.5, 0.6) is 0 Å². The van der Waals surface area contributed by atoms with Gasteiger partial charge in [-0.25, -0.2) is 0 Å². The van der Waals surface area contributed by atoms with Crippen LogP contribution in [0.15, 0.2) is 123 Å². The zero-order valence-electron chi connectivity index (χ0n) is 16.1. The molecule has 7 heteroatoms. The monoisotopic (exact) mass is 430 g/mol. The molecule has 3 nitrogen and oxygen atoms in total. The minimum absolute atomic E-state index is 1.63. The third-order valence-corrected chi connectivity index (χ3v) is 18.1. The maximum atomic E-state index is 6.49. The molecule has 0 aliphatic heterocycles. The highest BCUT2D eigenvalue weighted by molar-refractivity contribution is 7.02. The van der Waals surface area contributed by atoms with Gasteiger partial charge in [0.1, 0.15) is 0 Å². The van der Waals surface area contributed by atoms with Gasteiger partial charge >= 0.3 is 17.1 Å². The Hall–Kier alpha value is -1.85. The Bertz CT molecular complexity index is 551. The lowest BCUT2D eigenvalue weighted by Gasteiger charge is -2.40.